The Kier molecular flexibility index (Phi) is 3.41. The molecule has 5 atom stereocenters. The number of carboxylic acid groups (broad SMARTS) is 1. The number of carboxylic acids is 1. The Morgan fingerprint density at radius 2 is 1.88 bits per heavy atom. The van der Waals surface area contributed by atoms with Crippen LogP contribution in [0.5, 0.6) is 5.75 Å². The molecule has 0 heterocycles. The summed E-state index contributed by atoms with van der Waals surface area (Å²) < 4.78 is 20.6. The van der Waals surface area contributed by atoms with Crippen molar-refractivity contribution in [1.82, 2.24) is 0 Å². The number of alkyl halides is 1. The maximum absolute atomic E-state index is 14.3. The molecule has 5 heteroatoms. The van der Waals surface area contributed by atoms with E-state index in [-0.39, 0.29) is 16.5 Å². The number of carbonyl (C=O) groups is 1. The van der Waals surface area contributed by atoms with Crippen LogP contribution in [0.1, 0.15) is 66.8 Å². The van der Waals surface area contributed by atoms with Crippen molar-refractivity contribution in [2.75, 3.05) is 0 Å². The van der Waals surface area contributed by atoms with Crippen LogP contribution < -0.4 is 4.74 Å². The van der Waals surface area contributed by atoms with Gasteiger partial charge in [0.1, 0.15) is 17.7 Å². The Morgan fingerprint density at radius 3 is 2.44 bits per heavy atom. The molecule has 134 valence electrons. The van der Waals surface area contributed by atoms with E-state index in [1.54, 1.807) is 0 Å². The van der Waals surface area contributed by atoms with E-state index < -0.39 is 11.8 Å². The quantitative estimate of drug-likeness (QED) is 0.767. The molecular formula is C20H22ClFO3. The minimum absolute atomic E-state index is 0.0475. The monoisotopic (exact) mass is 364 g/mol. The smallest absolute Gasteiger partial charge is 0.338 e. The highest BCUT2D eigenvalue weighted by Crippen LogP contribution is 2.59. The van der Waals surface area contributed by atoms with E-state index in [0.29, 0.717) is 29.4 Å². The topological polar surface area (TPSA) is 46.5 Å². The minimum Gasteiger partial charge on any atom is -0.489 e. The second-order valence-electron chi connectivity index (χ2n) is 8.65. The Morgan fingerprint density at radius 1 is 1.20 bits per heavy atom. The lowest BCUT2D eigenvalue weighted by Crippen LogP contribution is -2.56. The third-order valence-corrected chi connectivity index (χ3v) is 7.18. The zero-order chi connectivity index (χ0) is 17.3. The minimum atomic E-state index is -1.22. The van der Waals surface area contributed by atoms with E-state index in [1.165, 1.54) is 12.1 Å². The van der Waals surface area contributed by atoms with E-state index in [9.17, 15) is 14.3 Å². The van der Waals surface area contributed by atoms with Gasteiger partial charge in [-0.05, 0) is 80.2 Å². The van der Waals surface area contributed by atoms with Crippen molar-refractivity contribution in [3.63, 3.8) is 0 Å². The van der Waals surface area contributed by atoms with Gasteiger partial charge in [0.15, 0.2) is 0 Å². The van der Waals surface area contributed by atoms with Gasteiger partial charge in [-0.15, -0.1) is 11.6 Å². The molecule has 6 rings (SSSR count). The predicted octanol–water partition coefficient (Wildman–Crippen LogP) is 4.97. The van der Waals surface area contributed by atoms with Crippen LogP contribution in [0, 0.1) is 23.6 Å². The fraction of sp³-hybridized carbons (Fsp3) is 0.650. The Balaban J connectivity index is 1.46. The SMILES string of the molecule is O=C(O)c1cc(C2CC2)c(OC2[C@@H]3C[C@@H]4C[C@H]2C[C@@](Cl)(C4)C3)cc1F. The molecule has 1 aromatic rings. The van der Waals surface area contributed by atoms with Crippen LogP contribution in [0.25, 0.3) is 0 Å². The van der Waals surface area contributed by atoms with Gasteiger partial charge in [-0.25, -0.2) is 9.18 Å². The summed E-state index contributed by atoms with van der Waals surface area (Å²) in [7, 11) is 0. The van der Waals surface area contributed by atoms with Crippen molar-refractivity contribution < 1.29 is 19.0 Å². The summed E-state index contributed by atoms with van der Waals surface area (Å²) in [5, 5.41) is 9.20. The Labute approximate surface area is 151 Å². The van der Waals surface area contributed by atoms with Gasteiger partial charge in [0.2, 0.25) is 0 Å². The highest BCUT2D eigenvalue weighted by molar-refractivity contribution is 6.24. The zero-order valence-corrected chi connectivity index (χ0v) is 14.8. The lowest BCUT2D eigenvalue weighted by atomic mass is 9.54. The first-order chi connectivity index (χ1) is 11.9. The molecule has 5 aliphatic carbocycles. The molecule has 1 unspecified atom stereocenters. The summed E-state index contributed by atoms with van der Waals surface area (Å²) >= 11 is 6.79. The third-order valence-electron chi connectivity index (χ3n) is 6.72. The predicted molar refractivity (Wildman–Crippen MR) is 91.9 cm³/mol. The highest BCUT2D eigenvalue weighted by Gasteiger charge is 2.55. The number of rotatable bonds is 4. The van der Waals surface area contributed by atoms with Crippen molar-refractivity contribution in [3.8, 4) is 5.75 Å². The first-order valence-corrected chi connectivity index (χ1v) is 9.72. The molecule has 0 spiro atoms. The molecule has 3 nitrogen and oxygen atoms in total. The van der Waals surface area contributed by atoms with Crippen LogP contribution in [0.3, 0.4) is 0 Å². The summed E-state index contributed by atoms with van der Waals surface area (Å²) in [4.78, 5) is 11.2. The van der Waals surface area contributed by atoms with Crippen molar-refractivity contribution in [2.24, 2.45) is 17.8 Å². The van der Waals surface area contributed by atoms with Crippen LogP contribution in [0.2, 0.25) is 0 Å². The molecule has 1 aromatic carbocycles. The molecule has 25 heavy (non-hydrogen) atoms. The first kappa shape index (κ1) is 15.9. The average Bonchev–Trinajstić information content (AvgIpc) is 3.33. The van der Waals surface area contributed by atoms with E-state index in [4.69, 9.17) is 16.3 Å². The van der Waals surface area contributed by atoms with Crippen LogP contribution in [-0.4, -0.2) is 22.1 Å². The lowest BCUT2D eigenvalue weighted by molar-refractivity contribution is -0.0700. The molecule has 5 aliphatic rings. The molecule has 0 radical (unpaired) electrons. The van der Waals surface area contributed by atoms with E-state index in [2.05, 4.69) is 0 Å². The molecule has 0 saturated heterocycles. The maximum atomic E-state index is 14.3. The fourth-order valence-electron chi connectivity index (χ4n) is 5.77. The summed E-state index contributed by atoms with van der Waals surface area (Å²) in [6, 6.07) is 2.79. The van der Waals surface area contributed by atoms with Crippen LogP contribution in [-0.2, 0) is 0 Å². The van der Waals surface area contributed by atoms with Gasteiger partial charge in [-0.1, -0.05) is 0 Å². The normalized spacial score (nSPS) is 38.8. The van der Waals surface area contributed by atoms with Gasteiger partial charge in [0, 0.05) is 10.9 Å². The fourth-order valence-corrected chi connectivity index (χ4v) is 6.38. The van der Waals surface area contributed by atoms with Gasteiger partial charge < -0.3 is 9.84 Å². The summed E-state index contributed by atoms with van der Waals surface area (Å²) in [5.74, 6) is 0.546. The van der Waals surface area contributed by atoms with Crippen molar-refractivity contribution >= 4 is 17.6 Å². The number of ether oxygens (including phenoxy) is 1. The van der Waals surface area contributed by atoms with Crippen molar-refractivity contribution in [1.29, 1.82) is 0 Å². The maximum Gasteiger partial charge on any atom is 0.338 e. The second kappa shape index (κ2) is 5.35. The van der Waals surface area contributed by atoms with Gasteiger partial charge >= 0.3 is 5.97 Å². The van der Waals surface area contributed by atoms with E-state index >= 15 is 0 Å². The van der Waals surface area contributed by atoms with Crippen LogP contribution >= 0.6 is 11.6 Å². The van der Waals surface area contributed by atoms with Crippen LogP contribution in [0.15, 0.2) is 12.1 Å². The van der Waals surface area contributed by atoms with Crippen LogP contribution in [0.4, 0.5) is 4.39 Å². The molecule has 5 fully saturated rings. The molecule has 0 amide bonds. The molecule has 0 aliphatic heterocycles. The molecule has 5 saturated carbocycles. The second-order valence-corrected chi connectivity index (χ2v) is 9.45. The number of aromatic carboxylic acids is 1. The standard InChI is InChI=1S/C20H22ClFO3/c21-20-7-10-3-12(8-20)18(13(4-10)9-20)25-17-6-16(22)15(19(23)24)5-14(17)11-1-2-11/h5-6,10-13,18H,1-4,7-9H2,(H,23,24)/t10-,12-,13+,18?,20-. The molecule has 0 aromatic heterocycles. The summed E-state index contributed by atoms with van der Waals surface area (Å²) in [6.07, 6.45) is 7.55. The van der Waals surface area contributed by atoms with Gasteiger partial charge in [0.25, 0.3) is 0 Å². The number of halogens is 2. The van der Waals surface area contributed by atoms with Gasteiger partial charge in [0.05, 0.1) is 5.56 Å². The van der Waals surface area contributed by atoms with Crippen molar-refractivity contribution in [3.05, 3.63) is 29.1 Å². The first-order valence-electron chi connectivity index (χ1n) is 9.34. The molecule has 1 N–H and O–H groups in total. The largest absolute Gasteiger partial charge is 0.489 e. The van der Waals surface area contributed by atoms with E-state index in [1.807, 2.05) is 0 Å². The number of hydrogen-bond acceptors (Lipinski definition) is 2. The Hall–Kier alpha value is -1.29. The summed E-state index contributed by atoms with van der Waals surface area (Å²) in [5.41, 5.74) is 0.618. The molecule has 4 bridgehead atoms. The zero-order valence-electron chi connectivity index (χ0n) is 14.0. The van der Waals surface area contributed by atoms with E-state index in [0.717, 1.165) is 50.5 Å². The van der Waals surface area contributed by atoms with Gasteiger partial charge in [-0.3, -0.25) is 0 Å². The third kappa shape index (κ3) is 2.64. The van der Waals surface area contributed by atoms with Crippen molar-refractivity contribution in [2.45, 2.75) is 61.8 Å². The Bertz CT molecular complexity index is 729. The number of benzene rings is 1. The van der Waals surface area contributed by atoms with Gasteiger partial charge in [-0.2, -0.15) is 0 Å². The summed E-state index contributed by atoms with van der Waals surface area (Å²) in [6.45, 7) is 0. The average molecular weight is 365 g/mol. The highest BCUT2D eigenvalue weighted by atomic mass is 35.5. The molecular weight excluding hydrogens is 343 g/mol. The number of hydrogen-bond donors (Lipinski definition) is 1. The lowest BCUT2D eigenvalue weighted by Gasteiger charge is -2.57.